The Labute approximate surface area is 333 Å². The highest BCUT2D eigenvalue weighted by atomic mass is 19.1. The number of aliphatic carboxylic acids is 2. The van der Waals surface area contributed by atoms with Crippen LogP contribution >= 0.6 is 0 Å². The van der Waals surface area contributed by atoms with Gasteiger partial charge in [-0.05, 0) is 37.3 Å². The molecule has 0 bridgehead atoms. The van der Waals surface area contributed by atoms with Crippen molar-refractivity contribution in [2.45, 2.75) is 19.1 Å². The maximum absolute atomic E-state index is 15.0. The van der Waals surface area contributed by atoms with E-state index >= 15 is 4.39 Å². The summed E-state index contributed by atoms with van der Waals surface area (Å²) < 4.78 is 40.0. The number of ether oxygens (including phenoxy) is 4. The van der Waals surface area contributed by atoms with Gasteiger partial charge in [0.05, 0.1) is 66.2 Å². The molecule has 2 atom stereocenters. The number of hydrogen-bond acceptors (Lipinski definition) is 12. The lowest BCUT2D eigenvalue weighted by molar-refractivity contribution is -0.166. The summed E-state index contributed by atoms with van der Waals surface area (Å²) in [5, 5.41) is 23.6. The quantitative estimate of drug-likeness (QED) is 0.169. The fraction of sp³-hybridized carbons (Fsp3) is 0.171. The van der Waals surface area contributed by atoms with Gasteiger partial charge in [0, 0.05) is 42.9 Å². The van der Waals surface area contributed by atoms with Crippen LogP contribution < -0.4 is 15.2 Å². The molecular formula is C41H35FN6O11. The first-order valence-electron chi connectivity index (χ1n) is 17.5. The van der Waals surface area contributed by atoms with Gasteiger partial charge < -0.3 is 29.2 Å². The minimum atomic E-state index is -2.21. The van der Waals surface area contributed by atoms with Crippen LogP contribution in [0, 0.1) is 12.7 Å². The van der Waals surface area contributed by atoms with Crippen LogP contribution in [-0.2, 0) is 33.2 Å². The van der Waals surface area contributed by atoms with Crippen molar-refractivity contribution in [1.29, 1.82) is 0 Å². The lowest BCUT2D eigenvalue weighted by atomic mass is 10.0. The second-order valence-corrected chi connectivity index (χ2v) is 12.8. The molecule has 7 aromatic rings. The van der Waals surface area contributed by atoms with Gasteiger partial charge in [-0.2, -0.15) is 5.10 Å². The van der Waals surface area contributed by atoms with Gasteiger partial charge in [0.25, 0.3) is 0 Å². The lowest BCUT2D eigenvalue weighted by Gasteiger charge is -2.21. The number of rotatable bonds is 11. The van der Waals surface area contributed by atoms with E-state index in [-0.39, 0.29) is 22.6 Å². The molecule has 0 radical (unpaired) electrons. The summed E-state index contributed by atoms with van der Waals surface area (Å²) in [6.45, 7) is 1.91. The van der Waals surface area contributed by atoms with Crippen molar-refractivity contribution in [2.24, 2.45) is 14.1 Å². The molecule has 7 rings (SSSR count). The van der Waals surface area contributed by atoms with Crippen molar-refractivity contribution in [1.82, 2.24) is 28.9 Å². The van der Waals surface area contributed by atoms with Gasteiger partial charge in [-0.15, -0.1) is 0 Å². The van der Waals surface area contributed by atoms with Gasteiger partial charge >= 0.3 is 29.6 Å². The Balaban J connectivity index is 0.000000205. The smallest absolute Gasteiger partial charge is 0.349 e. The normalized spacial score (nSPS) is 11.9. The van der Waals surface area contributed by atoms with Crippen LogP contribution in [0.5, 0.6) is 11.5 Å². The number of carboxylic acid groups (broad SMARTS) is 2. The summed E-state index contributed by atoms with van der Waals surface area (Å²) in [6.07, 6.45) is 1.49. The van der Waals surface area contributed by atoms with E-state index in [0.29, 0.717) is 27.7 Å². The number of methoxy groups -OCH3 is 2. The molecule has 4 aromatic heterocycles. The van der Waals surface area contributed by atoms with E-state index in [2.05, 4.69) is 15.1 Å². The van der Waals surface area contributed by atoms with Gasteiger partial charge in [0.2, 0.25) is 12.2 Å². The van der Waals surface area contributed by atoms with Crippen molar-refractivity contribution in [3.05, 3.63) is 131 Å². The van der Waals surface area contributed by atoms with Crippen molar-refractivity contribution in [3.63, 3.8) is 0 Å². The zero-order chi connectivity index (χ0) is 42.5. The number of carbonyl (C=O) groups excluding carboxylic acids is 2. The molecule has 0 fully saturated rings. The number of esters is 2. The first-order chi connectivity index (χ1) is 28.2. The Morgan fingerprint density at radius 2 is 1.32 bits per heavy atom. The number of halogens is 1. The number of nitrogens with zero attached hydrogens (tertiary/aromatic N) is 6. The number of carboxylic acids is 2. The van der Waals surface area contributed by atoms with E-state index in [1.165, 1.54) is 71.0 Å². The van der Waals surface area contributed by atoms with Crippen LogP contribution in [0.3, 0.4) is 0 Å². The third kappa shape index (κ3) is 8.18. The van der Waals surface area contributed by atoms with Gasteiger partial charge in [0.15, 0.2) is 11.6 Å². The van der Waals surface area contributed by atoms with E-state index in [4.69, 9.17) is 18.9 Å². The maximum Gasteiger partial charge on any atom is 0.349 e. The molecule has 3 aromatic carbocycles. The molecular weight excluding hydrogens is 771 g/mol. The number of aromatic nitrogens is 6. The molecule has 59 heavy (non-hydrogen) atoms. The minimum Gasteiger partial charge on any atom is -0.496 e. The molecule has 2 N–H and O–H groups in total. The zero-order valence-corrected chi connectivity index (χ0v) is 32.0. The molecule has 0 aliphatic carbocycles. The average molecular weight is 807 g/mol. The molecule has 0 amide bonds. The summed E-state index contributed by atoms with van der Waals surface area (Å²) >= 11 is 0. The number of fused-ring (bicyclic) bond motifs is 3. The van der Waals surface area contributed by atoms with E-state index < -0.39 is 47.6 Å². The van der Waals surface area contributed by atoms with E-state index in [1.807, 2.05) is 26.2 Å². The first-order valence-corrected chi connectivity index (χ1v) is 17.5. The number of aryl methyl sites for hydroxylation is 3. The summed E-state index contributed by atoms with van der Waals surface area (Å²) in [5.41, 5.74) is 3.74. The predicted molar refractivity (Wildman–Crippen MR) is 208 cm³/mol. The van der Waals surface area contributed by atoms with Crippen LogP contribution in [0.4, 0.5) is 4.39 Å². The molecule has 17 nitrogen and oxygen atoms in total. The van der Waals surface area contributed by atoms with Crippen LogP contribution in [-0.4, -0.2) is 89.4 Å². The SMILES string of the molecule is COc1cc2ncc3c(c2cc1-c1cn(C)nc1C)n(-c1c(F)cncc1OC)c(=O)n3C.O=C(O[C@@H](C(=O)O)[C@@H](OC(=O)c1ccccc1)C(=O)O)c1ccccc1. The molecule has 302 valence electrons. The maximum atomic E-state index is 15.0. The molecule has 0 saturated carbocycles. The number of pyridine rings is 2. The highest BCUT2D eigenvalue weighted by Crippen LogP contribution is 2.38. The number of hydrogen-bond donors (Lipinski definition) is 2. The lowest BCUT2D eigenvalue weighted by Crippen LogP contribution is -2.45. The Kier molecular flexibility index (Phi) is 11.8. The van der Waals surface area contributed by atoms with Crippen molar-refractivity contribution in [3.8, 4) is 28.3 Å². The molecule has 0 unspecified atom stereocenters. The van der Waals surface area contributed by atoms with E-state index in [9.17, 15) is 34.2 Å². The molecule has 0 spiro atoms. The van der Waals surface area contributed by atoms with Crippen LogP contribution in [0.15, 0.2) is 102 Å². The van der Waals surface area contributed by atoms with Crippen molar-refractivity contribution >= 4 is 45.8 Å². The monoisotopic (exact) mass is 806 g/mol. The van der Waals surface area contributed by atoms with Gasteiger partial charge in [0.1, 0.15) is 11.4 Å². The van der Waals surface area contributed by atoms with Gasteiger partial charge in [-0.3, -0.25) is 23.8 Å². The highest BCUT2D eigenvalue weighted by Gasteiger charge is 2.41. The molecule has 18 heteroatoms. The second-order valence-electron chi connectivity index (χ2n) is 12.8. The summed E-state index contributed by atoms with van der Waals surface area (Å²) in [7, 11) is 6.46. The van der Waals surface area contributed by atoms with Crippen molar-refractivity contribution in [2.75, 3.05) is 14.2 Å². The zero-order valence-electron chi connectivity index (χ0n) is 32.0. The molecule has 0 aliphatic rings. The topological polar surface area (TPSA) is 216 Å². The van der Waals surface area contributed by atoms with Gasteiger partial charge in [-0.1, -0.05) is 36.4 Å². The van der Waals surface area contributed by atoms with Crippen LogP contribution in [0.25, 0.3) is 38.8 Å². The van der Waals surface area contributed by atoms with Crippen LogP contribution in [0.1, 0.15) is 26.4 Å². The number of carbonyl (C=O) groups is 4. The largest absolute Gasteiger partial charge is 0.496 e. The number of imidazole rings is 1. The van der Waals surface area contributed by atoms with Gasteiger partial charge in [-0.25, -0.2) is 28.4 Å². The first kappa shape index (κ1) is 40.8. The standard InChI is InChI=1S/C23H21FN6O3.C18H14O8/c1-12-15(11-28(2)27-12)13-6-14-17(7-19(13)32-4)26-9-18-21(14)30(23(31)29(18)3)22-16(24)8-25-10-20(22)33-5;19-15(20)13(25-17(23)11-7-3-1-4-8-11)14(16(21)22)26-18(24)12-9-5-2-6-10-12/h6-11H,1-5H3;1-10,13-14H,(H,19,20)(H,21,22)/t;13-,14-/m.1/s1. The fourth-order valence-corrected chi connectivity index (χ4v) is 6.25. The van der Waals surface area contributed by atoms with E-state index in [1.54, 1.807) is 43.2 Å². The third-order valence-corrected chi connectivity index (χ3v) is 9.04. The average Bonchev–Trinajstić information content (AvgIpc) is 3.71. The van der Waals surface area contributed by atoms with Crippen molar-refractivity contribution < 1.29 is 52.7 Å². The third-order valence-electron chi connectivity index (χ3n) is 9.04. The minimum absolute atomic E-state index is 0.00877. The Morgan fingerprint density at radius 3 is 1.81 bits per heavy atom. The molecule has 0 saturated heterocycles. The predicted octanol–water partition coefficient (Wildman–Crippen LogP) is 4.74. The highest BCUT2D eigenvalue weighted by molar-refractivity contribution is 6.06. The van der Waals surface area contributed by atoms with Crippen LogP contribution in [0.2, 0.25) is 0 Å². The summed E-state index contributed by atoms with van der Waals surface area (Å²) in [4.78, 5) is 68.5. The molecule has 4 heterocycles. The Morgan fingerprint density at radius 1 is 0.763 bits per heavy atom. The van der Waals surface area contributed by atoms with E-state index in [0.717, 1.165) is 23.0 Å². The summed E-state index contributed by atoms with van der Waals surface area (Å²) in [6, 6.07) is 18.5. The number of benzene rings is 3. The fourth-order valence-electron chi connectivity index (χ4n) is 6.25. The Bertz CT molecular complexity index is 2710. The Hall–Kier alpha value is -7.89. The molecule has 0 aliphatic heterocycles. The summed E-state index contributed by atoms with van der Waals surface area (Å²) in [5.74, 6) is -5.55. The second kappa shape index (κ2) is 17.1.